The molecule has 7 heteroatoms. The smallest absolute Gasteiger partial charge is 0.256 e. The molecule has 3 aliphatic heterocycles. The molecule has 1 aromatic heterocycles. The number of carbonyl (C=O) groups is 2. The normalized spacial score (nSPS) is 24.3. The first-order chi connectivity index (χ1) is 18.2. The van der Waals surface area contributed by atoms with E-state index in [9.17, 15) is 9.59 Å². The second-order valence-electron chi connectivity index (χ2n) is 10.7. The van der Waals surface area contributed by atoms with Gasteiger partial charge >= 0.3 is 0 Å². The van der Waals surface area contributed by atoms with Gasteiger partial charge in [0.2, 0.25) is 5.91 Å². The first kappa shape index (κ1) is 24.1. The van der Waals surface area contributed by atoms with Gasteiger partial charge in [-0.15, -0.1) is 0 Å². The first-order valence-corrected chi connectivity index (χ1v) is 13.4. The Labute approximate surface area is 217 Å². The average Bonchev–Trinajstić information content (AvgIpc) is 3.68. The lowest BCUT2D eigenvalue weighted by atomic mass is 10.0. The third-order valence-electron chi connectivity index (χ3n) is 8.27. The van der Waals surface area contributed by atoms with Crippen molar-refractivity contribution in [3.63, 3.8) is 0 Å². The van der Waals surface area contributed by atoms with Crippen LogP contribution >= 0.6 is 0 Å². The van der Waals surface area contributed by atoms with Crippen LogP contribution in [0.5, 0.6) is 0 Å². The second-order valence-corrected chi connectivity index (χ2v) is 10.7. The van der Waals surface area contributed by atoms with Crippen molar-refractivity contribution in [2.45, 2.75) is 18.9 Å². The summed E-state index contributed by atoms with van der Waals surface area (Å²) < 4.78 is 5.42. The zero-order valence-corrected chi connectivity index (χ0v) is 21.1. The summed E-state index contributed by atoms with van der Waals surface area (Å²) in [5, 5.41) is 4.30. The van der Waals surface area contributed by atoms with Gasteiger partial charge in [-0.25, -0.2) is 0 Å². The lowest BCUT2D eigenvalue weighted by Gasteiger charge is -2.25. The topological polar surface area (TPSA) is 74.8 Å². The van der Waals surface area contributed by atoms with Gasteiger partial charge in [0.15, 0.2) is 0 Å². The maximum Gasteiger partial charge on any atom is 0.256 e. The number of carbonyl (C=O) groups excluding carboxylic acids is 2. The van der Waals surface area contributed by atoms with Crippen molar-refractivity contribution < 1.29 is 14.3 Å². The van der Waals surface area contributed by atoms with Gasteiger partial charge in [0.25, 0.3) is 5.91 Å². The molecule has 7 nitrogen and oxygen atoms in total. The van der Waals surface area contributed by atoms with E-state index >= 15 is 0 Å². The molecule has 0 spiro atoms. The molecule has 0 radical (unpaired) electrons. The van der Waals surface area contributed by atoms with Crippen LogP contribution in [0.1, 0.15) is 34.8 Å². The number of pyridine rings is 1. The summed E-state index contributed by atoms with van der Waals surface area (Å²) in [5.74, 6) is 1.13. The summed E-state index contributed by atoms with van der Waals surface area (Å²) in [4.78, 5) is 35.2. The van der Waals surface area contributed by atoms with Crippen LogP contribution < -0.4 is 5.32 Å². The van der Waals surface area contributed by atoms with Crippen LogP contribution in [0.4, 0.5) is 0 Å². The molecule has 4 heterocycles. The molecule has 3 aliphatic rings. The number of amides is 2. The summed E-state index contributed by atoms with van der Waals surface area (Å²) in [6.45, 7) is 5.69. The van der Waals surface area contributed by atoms with Crippen LogP contribution in [-0.2, 0) is 9.53 Å². The average molecular weight is 499 g/mol. The summed E-state index contributed by atoms with van der Waals surface area (Å²) in [5.41, 5.74) is 2.63. The Morgan fingerprint density at radius 2 is 1.76 bits per heavy atom. The highest BCUT2D eigenvalue weighted by Crippen LogP contribution is 2.33. The zero-order valence-electron chi connectivity index (χ0n) is 21.1. The molecule has 0 bridgehead atoms. The predicted molar refractivity (Wildman–Crippen MR) is 142 cm³/mol. The number of hydrogen-bond acceptors (Lipinski definition) is 5. The molecule has 3 saturated heterocycles. The highest BCUT2D eigenvalue weighted by molar-refractivity contribution is 6.05. The monoisotopic (exact) mass is 498 g/mol. The van der Waals surface area contributed by atoms with E-state index in [2.05, 4.69) is 27.3 Å². The summed E-state index contributed by atoms with van der Waals surface area (Å²) in [6, 6.07) is 20.0. The van der Waals surface area contributed by atoms with Gasteiger partial charge in [0, 0.05) is 50.9 Å². The van der Waals surface area contributed by atoms with Crippen molar-refractivity contribution in [1.29, 1.82) is 0 Å². The maximum atomic E-state index is 13.4. The Morgan fingerprint density at radius 1 is 0.973 bits per heavy atom. The minimum Gasteiger partial charge on any atom is -0.381 e. The Bertz CT molecular complexity index is 1240. The molecule has 2 aromatic carbocycles. The third-order valence-corrected chi connectivity index (χ3v) is 8.27. The fourth-order valence-corrected chi connectivity index (χ4v) is 6.24. The summed E-state index contributed by atoms with van der Waals surface area (Å²) >= 11 is 0. The van der Waals surface area contributed by atoms with E-state index in [4.69, 9.17) is 4.74 Å². The number of nitrogens with zero attached hydrogens (tertiary/aromatic N) is 3. The van der Waals surface area contributed by atoms with E-state index in [-0.39, 0.29) is 23.8 Å². The Kier molecular flexibility index (Phi) is 6.89. The van der Waals surface area contributed by atoms with Gasteiger partial charge in [0.05, 0.1) is 29.6 Å². The molecule has 4 atom stereocenters. The van der Waals surface area contributed by atoms with E-state index in [0.717, 1.165) is 62.0 Å². The SMILES string of the molecule is O=C(NC(CCN1CC2CN(C(=O)c3cccc4cccnc34)C[C@@H]2C1)c1ccccc1)C1CCOC1. The van der Waals surface area contributed by atoms with Crippen LogP contribution in [0, 0.1) is 17.8 Å². The fourth-order valence-electron chi connectivity index (χ4n) is 6.24. The largest absolute Gasteiger partial charge is 0.381 e. The number of likely N-dealkylation sites (tertiary alicyclic amines) is 2. The molecule has 0 saturated carbocycles. The van der Waals surface area contributed by atoms with E-state index < -0.39 is 0 Å². The van der Waals surface area contributed by atoms with Gasteiger partial charge in [0.1, 0.15) is 0 Å². The van der Waals surface area contributed by atoms with Crippen LogP contribution in [0.2, 0.25) is 0 Å². The van der Waals surface area contributed by atoms with Crippen molar-refractivity contribution >= 4 is 22.7 Å². The highest BCUT2D eigenvalue weighted by Gasteiger charge is 2.42. The molecule has 1 N–H and O–H groups in total. The third kappa shape index (κ3) is 5.11. The number of ether oxygens (including phenoxy) is 1. The Morgan fingerprint density at radius 3 is 2.51 bits per heavy atom. The van der Waals surface area contributed by atoms with Crippen LogP contribution in [0.3, 0.4) is 0 Å². The van der Waals surface area contributed by atoms with Crippen molar-refractivity contribution in [2.75, 3.05) is 45.9 Å². The number of hydrogen-bond donors (Lipinski definition) is 1. The molecule has 3 unspecified atom stereocenters. The number of benzene rings is 2. The molecule has 3 aromatic rings. The summed E-state index contributed by atoms with van der Waals surface area (Å²) in [7, 11) is 0. The predicted octanol–water partition coefficient (Wildman–Crippen LogP) is 3.52. The quantitative estimate of drug-likeness (QED) is 0.540. The van der Waals surface area contributed by atoms with Crippen molar-refractivity contribution in [3.05, 3.63) is 78.0 Å². The van der Waals surface area contributed by atoms with Gasteiger partial charge < -0.3 is 19.9 Å². The maximum absolute atomic E-state index is 13.4. The molecule has 0 aliphatic carbocycles. The van der Waals surface area contributed by atoms with Gasteiger partial charge in [-0.3, -0.25) is 14.6 Å². The van der Waals surface area contributed by atoms with E-state index in [1.54, 1.807) is 6.20 Å². The number of aromatic nitrogens is 1. The molecule has 192 valence electrons. The van der Waals surface area contributed by atoms with Gasteiger partial charge in [-0.2, -0.15) is 0 Å². The van der Waals surface area contributed by atoms with Crippen molar-refractivity contribution in [3.8, 4) is 0 Å². The lowest BCUT2D eigenvalue weighted by molar-refractivity contribution is -0.125. The van der Waals surface area contributed by atoms with E-state index in [1.165, 1.54) is 0 Å². The zero-order chi connectivity index (χ0) is 25.2. The van der Waals surface area contributed by atoms with Crippen LogP contribution in [-0.4, -0.2) is 72.5 Å². The van der Waals surface area contributed by atoms with E-state index in [1.807, 2.05) is 53.4 Å². The molecule has 6 rings (SSSR count). The number of nitrogens with one attached hydrogen (secondary N) is 1. The Hall–Kier alpha value is -3.29. The second kappa shape index (κ2) is 10.6. The number of fused-ring (bicyclic) bond motifs is 2. The molecule has 2 amide bonds. The minimum atomic E-state index is -0.0437. The standard InChI is InChI=1S/C30H34N4O3/c35-29(23-12-15-37-20-23)32-27(21-6-2-1-3-7-21)11-14-33-16-24-18-34(19-25(24)17-33)30(36)26-10-4-8-22-9-5-13-31-28(22)26/h1-10,13,23-25,27H,11-12,14-20H2,(H,32,35)/t23?,24-,25?,27?/m0/s1. The van der Waals surface area contributed by atoms with Gasteiger partial charge in [-0.1, -0.05) is 48.5 Å². The van der Waals surface area contributed by atoms with Crippen molar-refractivity contribution in [1.82, 2.24) is 20.1 Å². The Balaban J connectivity index is 1.06. The lowest BCUT2D eigenvalue weighted by Crippen LogP contribution is -2.37. The molecular weight excluding hydrogens is 464 g/mol. The molecular formula is C30H34N4O3. The number of para-hydroxylation sites is 1. The minimum absolute atomic E-state index is 0.00771. The molecule has 3 fully saturated rings. The first-order valence-electron chi connectivity index (χ1n) is 13.4. The number of rotatable bonds is 7. The van der Waals surface area contributed by atoms with Crippen LogP contribution in [0.25, 0.3) is 10.9 Å². The van der Waals surface area contributed by atoms with Gasteiger partial charge in [-0.05, 0) is 42.4 Å². The van der Waals surface area contributed by atoms with E-state index in [0.29, 0.717) is 30.6 Å². The van der Waals surface area contributed by atoms with Crippen LogP contribution in [0.15, 0.2) is 66.9 Å². The van der Waals surface area contributed by atoms with Crippen molar-refractivity contribution in [2.24, 2.45) is 17.8 Å². The summed E-state index contributed by atoms with van der Waals surface area (Å²) in [6.07, 6.45) is 3.42. The highest BCUT2D eigenvalue weighted by atomic mass is 16.5. The molecule has 37 heavy (non-hydrogen) atoms. The fraction of sp³-hybridized carbons (Fsp3) is 0.433.